The number of thiazole rings is 1. The molecule has 0 radical (unpaired) electrons. The van der Waals surface area contributed by atoms with E-state index < -0.39 is 0 Å². The molecule has 20 heavy (non-hydrogen) atoms. The van der Waals surface area contributed by atoms with E-state index in [1.165, 1.54) is 0 Å². The van der Waals surface area contributed by atoms with Crippen molar-refractivity contribution >= 4 is 17.2 Å². The molecule has 0 saturated carbocycles. The summed E-state index contributed by atoms with van der Waals surface area (Å²) in [6, 6.07) is 0. The molecule has 1 aliphatic heterocycles. The fraction of sp³-hybridized carbons (Fsp3) is 0.714. The van der Waals surface area contributed by atoms with E-state index in [0.29, 0.717) is 5.92 Å². The summed E-state index contributed by atoms with van der Waals surface area (Å²) in [6.07, 6.45) is 0. The van der Waals surface area contributed by atoms with E-state index >= 15 is 0 Å². The maximum absolute atomic E-state index is 7.68. The van der Waals surface area contributed by atoms with Crippen molar-refractivity contribution in [2.24, 2.45) is 5.73 Å². The number of aromatic nitrogens is 1. The Kier molecular flexibility index (Phi) is 5.12. The molecule has 1 fully saturated rings. The van der Waals surface area contributed by atoms with Crippen LogP contribution in [-0.4, -0.2) is 53.3 Å². The van der Waals surface area contributed by atoms with Crippen LogP contribution < -0.4 is 5.73 Å². The number of amidine groups is 1. The van der Waals surface area contributed by atoms with Gasteiger partial charge in [-0.15, -0.1) is 11.3 Å². The minimum atomic E-state index is 0.147. The zero-order valence-corrected chi connectivity index (χ0v) is 13.5. The van der Waals surface area contributed by atoms with Crippen molar-refractivity contribution in [3.05, 3.63) is 15.6 Å². The molecule has 1 aromatic rings. The number of nitrogens with zero attached hydrogens (tertiary/aromatic N) is 3. The SMILES string of the molecule is CCN1CCN(Cc2nc(C(C)C)c(C(=N)N)s2)CC1. The Hall–Kier alpha value is -0.980. The molecule has 0 bridgehead atoms. The van der Waals surface area contributed by atoms with Crippen LogP contribution in [0.25, 0.3) is 0 Å². The molecule has 0 aliphatic carbocycles. The third-order valence-corrected chi connectivity index (χ3v) is 4.85. The maximum atomic E-state index is 7.68. The number of nitrogens with one attached hydrogen (secondary N) is 1. The van der Waals surface area contributed by atoms with Gasteiger partial charge >= 0.3 is 0 Å². The third-order valence-electron chi connectivity index (χ3n) is 3.76. The summed E-state index contributed by atoms with van der Waals surface area (Å²) in [7, 11) is 0. The summed E-state index contributed by atoms with van der Waals surface area (Å²) in [6.45, 7) is 12.9. The summed E-state index contributed by atoms with van der Waals surface area (Å²) in [5.74, 6) is 0.462. The fourth-order valence-corrected chi connectivity index (χ4v) is 3.61. The van der Waals surface area contributed by atoms with Gasteiger partial charge in [0.15, 0.2) is 0 Å². The highest BCUT2D eigenvalue weighted by Crippen LogP contribution is 2.25. The average Bonchev–Trinajstić information content (AvgIpc) is 2.84. The predicted molar refractivity (Wildman–Crippen MR) is 84.6 cm³/mol. The molecule has 0 unspecified atom stereocenters. The smallest absolute Gasteiger partial charge is 0.135 e. The lowest BCUT2D eigenvalue weighted by molar-refractivity contribution is 0.132. The average molecular weight is 295 g/mol. The minimum Gasteiger partial charge on any atom is -0.383 e. The highest BCUT2D eigenvalue weighted by Gasteiger charge is 2.20. The van der Waals surface area contributed by atoms with Crippen LogP contribution in [-0.2, 0) is 6.54 Å². The molecule has 1 aromatic heterocycles. The van der Waals surface area contributed by atoms with Gasteiger partial charge in [-0.2, -0.15) is 0 Å². The maximum Gasteiger partial charge on any atom is 0.135 e. The molecular weight excluding hydrogens is 270 g/mol. The molecule has 0 aromatic carbocycles. The molecule has 2 rings (SSSR count). The standard InChI is InChI=1S/C14H25N5S/c1-4-18-5-7-19(8-6-18)9-11-17-12(10(2)3)13(20-11)14(15)16/h10H,4-9H2,1-3H3,(H3,15,16). The molecule has 0 spiro atoms. The molecule has 5 nitrogen and oxygen atoms in total. The Bertz CT molecular complexity index is 460. The number of piperazine rings is 1. The quantitative estimate of drug-likeness (QED) is 0.640. The van der Waals surface area contributed by atoms with Crippen molar-refractivity contribution in [2.75, 3.05) is 32.7 Å². The van der Waals surface area contributed by atoms with Crippen LogP contribution in [0.4, 0.5) is 0 Å². The topological polar surface area (TPSA) is 69.2 Å². The van der Waals surface area contributed by atoms with E-state index in [0.717, 1.165) is 54.8 Å². The van der Waals surface area contributed by atoms with Crippen LogP contribution in [0.3, 0.4) is 0 Å². The van der Waals surface area contributed by atoms with Gasteiger partial charge in [-0.1, -0.05) is 20.8 Å². The molecule has 0 amide bonds. The van der Waals surface area contributed by atoms with Gasteiger partial charge in [-0.3, -0.25) is 10.3 Å². The molecule has 1 aliphatic rings. The first-order valence-corrected chi connectivity index (χ1v) is 8.11. The molecular formula is C14H25N5S. The second-order valence-electron chi connectivity index (χ2n) is 5.60. The molecule has 3 N–H and O–H groups in total. The lowest BCUT2D eigenvalue weighted by Gasteiger charge is -2.33. The summed E-state index contributed by atoms with van der Waals surface area (Å²) < 4.78 is 0. The highest BCUT2D eigenvalue weighted by atomic mass is 32.1. The van der Waals surface area contributed by atoms with Crippen LogP contribution in [0.5, 0.6) is 0 Å². The first-order valence-electron chi connectivity index (χ1n) is 7.30. The number of nitrogens with two attached hydrogens (primary N) is 1. The molecule has 2 heterocycles. The zero-order valence-electron chi connectivity index (χ0n) is 12.6. The van der Waals surface area contributed by atoms with Crippen LogP contribution in [0.15, 0.2) is 0 Å². The number of nitrogen functional groups attached to an aromatic ring is 1. The molecule has 1 saturated heterocycles. The van der Waals surface area contributed by atoms with Gasteiger partial charge in [-0.05, 0) is 12.5 Å². The Morgan fingerprint density at radius 1 is 1.30 bits per heavy atom. The lowest BCUT2D eigenvalue weighted by Crippen LogP contribution is -2.45. The van der Waals surface area contributed by atoms with Gasteiger partial charge in [0.2, 0.25) is 0 Å². The first-order chi connectivity index (χ1) is 9.51. The minimum absolute atomic E-state index is 0.147. The molecule has 112 valence electrons. The van der Waals surface area contributed by atoms with E-state index in [1.807, 2.05) is 0 Å². The second kappa shape index (κ2) is 6.65. The Balaban J connectivity index is 2.03. The second-order valence-corrected chi connectivity index (χ2v) is 6.68. The van der Waals surface area contributed by atoms with Crippen molar-refractivity contribution in [3.8, 4) is 0 Å². The molecule has 0 atom stereocenters. The summed E-state index contributed by atoms with van der Waals surface area (Å²) in [5, 5.41) is 8.77. The fourth-order valence-electron chi connectivity index (χ4n) is 2.48. The van der Waals surface area contributed by atoms with E-state index in [2.05, 4.69) is 30.6 Å². The monoisotopic (exact) mass is 295 g/mol. The summed E-state index contributed by atoms with van der Waals surface area (Å²) in [4.78, 5) is 10.5. The van der Waals surface area contributed by atoms with E-state index in [9.17, 15) is 0 Å². The number of hydrogen-bond acceptors (Lipinski definition) is 5. The molecule has 6 heteroatoms. The van der Waals surface area contributed by atoms with Gasteiger partial charge in [0.25, 0.3) is 0 Å². The third kappa shape index (κ3) is 3.56. The van der Waals surface area contributed by atoms with Gasteiger partial charge in [0.1, 0.15) is 10.8 Å². The lowest BCUT2D eigenvalue weighted by atomic mass is 10.1. The largest absolute Gasteiger partial charge is 0.383 e. The van der Waals surface area contributed by atoms with E-state index in [4.69, 9.17) is 16.1 Å². The summed E-state index contributed by atoms with van der Waals surface area (Å²) >= 11 is 1.58. The number of hydrogen-bond donors (Lipinski definition) is 2. The van der Waals surface area contributed by atoms with Gasteiger partial charge in [0, 0.05) is 26.2 Å². The van der Waals surface area contributed by atoms with Gasteiger partial charge in [0.05, 0.1) is 17.1 Å². The van der Waals surface area contributed by atoms with Crippen LogP contribution in [0.2, 0.25) is 0 Å². The Labute approximate surface area is 125 Å². The highest BCUT2D eigenvalue weighted by molar-refractivity contribution is 7.13. The van der Waals surface area contributed by atoms with Crippen molar-refractivity contribution in [1.82, 2.24) is 14.8 Å². The van der Waals surface area contributed by atoms with Crippen LogP contribution >= 0.6 is 11.3 Å². The van der Waals surface area contributed by atoms with E-state index in [1.54, 1.807) is 11.3 Å². The van der Waals surface area contributed by atoms with Gasteiger partial charge < -0.3 is 10.6 Å². The Morgan fingerprint density at radius 2 is 1.90 bits per heavy atom. The van der Waals surface area contributed by atoms with Gasteiger partial charge in [-0.25, -0.2) is 4.98 Å². The van der Waals surface area contributed by atoms with Crippen LogP contribution in [0.1, 0.15) is 42.3 Å². The number of likely N-dealkylation sites (N-methyl/N-ethyl adjacent to an activating group) is 1. The zero-order chi connectivity index (χ0) is 14.7. The Morgan fingerprint density at radius 3 is 2.35 bits per heavy atom. The predicted octanol–water partition coefficient (Wildman–Crippen LogP) is 1.69. The summed E-state index contributed by atoms with van der Waals surface area (Å²) in [5.41, 5.74) is 6.65. The number of rotatable bonds is 5. The van der Waals surface area contributed by atoms with E-state index in [-0.39, 0.29) is 5.84 Å². The van der Waals surface area contributed by atoms with Crippen molar-refractivity contribution in [2.45, 2.75) is 33.2 Å². The van der Waals surface area contributed by atoms with Crippen molar-refractivity contribution in [3.63, 3.8) is 0 Å². The normalized spacial score (nSPS) is 17.8. The van der Waals surface area contributed by atoms with Crippen LogP contribution in [0, 0.1) is 5.41 Å². The van der Waals surface area contributed by atoms with Crippen molar-refractivity contribution < 1.29 is 0 Å². The first kappa shape index (κ1) is 15.4. The van der Waals surface area contributed by atoms with Crippen molar-refractivity contribution in [1.29, 1.82) is 5.41 Å².